The van der Waals surface area contributed by atoms with Crippen molar-refractivity contribution in [3.63, 3.8) is 0 Å². The van der Waals surface area contributed by atoms with Gasteiger partial charge in [0.1, 0.15) is 11.9 Å². The number of likely N-dealkylation sites (tertiary alicyclic amines) is 1. The summed E-state index contributed by atoms with van der Waals surface area (Å²) in [5.74, 6) is 0.342. The quantitative estimate of drug-likeness (QED) is 0.912. The van der Waals surface area contributed by atoms with Gasteiger partial charge in [0.05, 0.1) is 4.75 Å². The van der Waals surface area contributed by atoms with E-state index in [0.717, 1.165) is 12.2 Å². The van der Waals surface area contributed by atoms with Crippen LogP contribution < -0.4 is 4.74 Å². The van der Waals surface area contributed by atoms with Crippen molar-refractivity contribution in [3.05, 3.63) is 54.0 Å². The average molecular weight is 360 g/mol. The van der Waals surface area contributed by atoms with Crippen LogP contribution in [0.3, 0.4) is 0 Å². The van der Waals surface area contributed by atoms with Gasteiger partial charge in [-0.1, -0.05) is 6.07 Å². The Morgan fingerprint density at radius 2 is 2.20 bits per heavy atom. The van der Waals surface area contributed by atoms with E-state index >= 15 is 0 Å². The number of aromatic hydroxyl groups is 1. The fraction of sp³-hybridized carbons (Fsp3) is 0.333. The Morgan fingerprint density at radius 3 is 2.96 bits per heavy atom. The molecular formula is C18H17FN2O3S. The maximum absolute atomic E-state index is 13.7. The standard InChI is InChI=1S/C18H17FN2O3S/c19-15-5-2-6-20-16(15)24-14-8-18(25-9-14)10-21(11-18)17(23)12-3-1-4-13(22)7-12/h1-7,14,22H,8-11H2/t14-/m1/s1. The van der Waals surface area contributed by atoms with Crippen LogP contribution in [-0.2, 0) is 0 Å². The number of rotatable bonds is 3. The molecule has 0 unspecified atom stereocenters. The number of carbonyl (C=O) groups is 1. The molecule has 2 aliphatic heterocycles. The Morgan fingerprint density at radius 1 is 1.36 bits per heavy atom. The van der Waals surface area contributed by atoms with E-state index in [4.69, 9.17) is 4.74 Å². The van der Waals surface area contributed by atoms with Gasteiger partial charge in [-0.05, 0) is 30.3 Å². The van der Waals surface area contributed by atoms with E-state index in [1.807, 2.05) is 0 Å². The zero-order valence-corrected chi connectivity index (χ0v) is 14.2. The molecular weight excluding hydrogens is 343 g/mol. The molecule has 1 N–H and O–H groups in total. The zero-order valence-electron chi connectivity index (χ0n) is 13.4. The number of phenolic OH excluding ortho intramolecular Hbond substituents is 1. The first kappa shape index (κ1) is 16.2. The molecule has 0 radical (unpaired) electrons. The van der Waals surface area contributed by atoms with E-state index in [9.17, 15) is 14.3 Å². The largest absolute Gasteiger partial charge is 0.508 e. The Kier molecular flexibility index (Phi) is 4.03. The first-order valence-corrected chi connectivity index (χ1v) is 9.03. The number of aromatic nitrogens is 1. The van der Waals surface area contributed by atoms with Gasteiger partial charge >= 0.3 is 0 Å². The number of carbonyl (C=O) groups excluding carboxylic acids is 1. The molecule has 3 heterocycles. The number of hydrogen-bond acceptors (Lipinski definition) is 5. The zero-order chi connectivity index (χ0) is 17.4. The van der Waals surface area contributed by atoms with Gasteiger partial charge in [-0.15, -0.1) is 11.8 Å². The molecule has 2 aromatic rings. The molecule has 1 amide bonds. The van der Waals surface area contributed by atoms with Crippen LogP contribution in [0.5, 0.6) is 11.6 Å². The number of ether oxygens (including phenoxy) is 1. The molecule has 5 nitrogen and oxygen atoms in total. The minimum atomic E-state index is -0.456. The first-order valence-electron chi connectivity index (χ1n) is 8.04. The van der Waals surface area contributed by atoms with Crippen LogP contribution in [0.2, 0.25) is 0 Å². The second kappa shape index (κ2) is 6.22. The summed E-state index contributed by atoms with van der Waals surface area (Å²) in [7, 11) is 0. The second-order valence-corrected chi connectivity index (χ2v) is 7.93. The van der Waals surface area contributed by atoms with Crippen molar-refractivity contribution in [1.82, 2.24) is 9.88 Å². The number of hydrogen-bond donors (Lipinski definition) is 1. The number of pyridine rings is 1. The van der Waals surface area contributed by atoms with E-state index in [2.05, 4.69) is 4.98 Å². The summed E-state index contributed by atoms with van der Waals surface area (Å²) in [6.07, 6.45) is 2.17. The minimum absolute atomic E-state index is 0.0254. The Hall–Kier alpha value is -2.28. The SMILES string of the molecule is O=C(c1cccc(O)c1)N1CC2(C[C@@H](Oc3ncccc3F)CS2)C1. The Bertz CT molecular complexity index is 810. The van der Waals surface area contributed by atoms with Gasteiger partial charge in [-0.25, -0.2) is 9.37 Å². The molecule has 1 aromatic carbocycles. The number of halogens is 1. The molecule has 0 aliphatic carbocycles. The summed E-state index contributed by atoms with van der Waals surface area (Å²) >= 11 is 1.77. The average Bonchev–Trinajstić information content (AvgIpc) is 2.99. The predicted octanol–water partition coefficient (Wildman–Crippen LogP) is 2.71. The molecule has 1 aromatic heterocycles. The van der Waals surface area contributed by atoms with Gasteiger partial charge in [0.2, 0.25) is 0 Å². The third-order valence-corrected chi connectivity index (χ3v) is 6.09. The molecule has 25 heavy (non-hydrogen) atoms. The molecule has 1 atom stereocenters. The molecule has 2 aliphatic rings. The normalized spacial score (nSPS) is 21.2. The van der Waals surface area contributed by atoms with Crippen LogP contribution in [0.15, 0.2) is 42.6 Å². The monoisotopic (exact) mass is 360 g/mol. The second-order valence-electron chi connectivity index (χ2n) is 6.44. The molecule has 1 spiro atoms. The summed E-state index contributed by atoms with van der Waals surface area (Å²) in [6, 6.07) is 9.24. The number of thioether (sulfide) groups is 1. The smallest absolute Gasteiger partial charge is 0.254 e. The van der Waals surface area contributed by atoms with Crippen LogP contribution in [0.25, 0.3) is 0 Å². The van der Waals surface area contributed by atoms with Crippen molar-refractivity contribution >= 4 is 17.7 Å². The fourth-order valence-corrected chi connectivity index (χ4v) is 4.85. The van der Waals surface area contributed by atoms with E-state index in [0.29, 0.717) is 18.7 Å². The van der Waals surface area contributed by atoms with Crippen molar-refractivity contribution < 1.29 is 19.0 Å². The van der Waals surface area contributed by atoms with Crippen LogP contribution >= 0.6 is 11.8 Å². The lowest BCUT2D eigenvalue weighted by molar-refractivity contribution is 0.0513. The summed E-state index contributed by atoms with van der Waals surface area (Å²) in [5, 5.41) is 9.51. The Balaban J connectivity index is 1.36. The number of benzene rings is 1. The van der Waals surface area contributed by atoms with Crippen molar-refractivity contribution in [2.45, 2.75) is 17.3 Å². The number of nitrogens with zero attached hydrogens (tertiary/aromatic N) is 2. The molecule has 2 saturated heterocycles. The van der Waals surface area contributed by atoms with E-state index < -0.39 is 5.82 Å². The van der Waals surface area contributed by atoms with Gasteiger partial charge < -0.3 is 14.7 Å². The maximum atomic E-state index is 13.7. The van der Waals surface area contributed by atoms with Crippen molar-refractivity contribution in [2.75, 3.05) is 18.8 Å². The van der Waals surface area contributed by atoms with Gasteiger partial charge in [-0.3, -0.25) is 4.79 Å². The van der Waals surface area contributed by atoms with Gasteiger partial charge in [0.15, 0.2) is 5.82 Å². The minimum Gasteiger partial charge on any atom is -0.508 e. The first-order chi connectivity index (χ1) is 12.0. The summed E-state index contributed by atoms with van der Waals surface area (Å²) < 4.78 is 19.3. The third kappa shape index (κ3) is 3.16. The van der Waals surface area contributed by atoms with Crippen LogP contribution in [0, 0.1) is 5.82 Å². The van der Waals surface area contributed by atoms with Gasteiger partial charge in [0, 0.05) is 37.0 Å². The molecule has 7 heteroatoms. The summed E-state index contributed by atoms with van der Waals surface area (Å²) in [5.41, 5.74) is 0.487. The van der Waals surface area contributed by atoms with Crippen LogP contribution in [-0.4, -0.2) is 50.6 Å². The lowest BCUT2D eigenvalue weighted by Gasteiger charge is -2.47. The molecule has 130 valence electrons. The molecule has 2 fully saturated rings. The summed E-state index contributed by atoms with van der Waals surface area (Å²) in [4.78, 5) is 18.2. The molecule has 0 saturated carbocycles. The predicted molar refractivity (Wildman–Crippen MR) is 92.4 cm³/mol. The topological polar surface area (TPSA) is 62.7 Å². The van der Waals surface area contributed by atoms with Crippen molar-refractivity contribution in [1.29, 1.82) is 0 Å². The highest BCUT2D eigenvalue weighted by Crippen LogP contribution is 2.46. The number of amides is 1. The highest BCUT2D eigenvalue weighted by atomic mass is 32.2. The maximum Gasteiger partial charge on any atom is 0.254 e. The van der Waals surface area contributed by atoms with Crippen LogP contribution in [0.4, 0.5) is 4.39 Å². The lowest BCUT2D eigenvalue weighted by Crippen LogP contribution is -2.60. The van der Waals surface area contributed by atoms with Crippen molar-refractivity contribution in [2.24, 2.45) is 0 Å². The van der Waals surface area contributed by atoms with Gasteiger partial charge in [0.25, 0.3) is 11.8 Å². The lowest BCUT2D eigenvalue weighted by atomic mass is 9.92. The molecule has 4 rings (SSSR count). The highest BCUT2D eigenvalue weighted by Gasteiger charge is 2.51. The van der Waals surface area contributed by atoms with Crippen molar-refractivity contribution in [3.8, 4) is 11.6 Å². The highest BCUT2D eigenvalue weighted by molar-refractivity contribution is 8.01. The van der Waals surface area contributed by atoms with Gasteiger partial charge in [-0.2, -0.15) is 0 Å². The number of phenols is 1. The van der Waals surface area contributed by atoms with Crippen LogP contribution in [0.1, 0.15) is 16.8 Å². The molecule has 0 bridgehead atoms. The Labute approximate surface area is 148 Å². The third-order valence-electron chi connectivity index (χ3n) is 4.52. The van der Waals surface area contributed by atoms with E-state index in [1.165, 1.54) is 24.4 Å². The van der Waals surface area contributed by atoms with E-state index in [-0.39, 0.29) is 28.4 Å². The van der Waals surface area contributed by atoms with E-state index in [1.54, 1.807) is 34.9 Å². The fourth-order valence-electron chi connectivity index (χ4n) is 3.33. The summed E-state index contributed by atoms with van der Waals surface area (Å²) in [6.45, 7) is 1.27.